The van der Waals surface area contributed by atoms with Gasteiger partial charge in [0.15, 0.2) is 0 Å². The number of anilines is 1. The number of aromatic nitrogens is 2. The van der Waals surface area contributed by atoms with Crippen LogP contribution in [0.15, 0.2) is 52.9 Å². The quantitative estimate of drug-likeness (QED) is 0.706. The summed E-state index contributed by atoms with van der Waals surface area (Å²) in [5.74, 6) is -0.000516. The molecule has 3 rings (SSSR count). The zero-order valence-electron chi connectivity index (χ0n) is 14.4. The molecule has 2 aromatic carbocycles. The predicted octanol–water partition coefficient (Wildman–Crippen LogP) is 4.64. The van der Waals surface area contributed by atoms with E-state index in [0.29, 0.717) is 5.89 Å². The zero-order chi connectivity index (χ0) is 19.4. The molecule has 1 heterocycles. The molecule has 0 aliphatic rings. The highest BCUT2D eigenvalue weighted by Crippen LogP contribution is 2.34. The highest BCUT2D eigenvalue weighted by molar-refractivity contribution is 5.91. The molecular weight excluding hydrogens is 359 g/mol. The third kappa shape index (κ3) is 4.72. The van der Waals surface area contributed by atoms with Gasteiger partial charge in [0.2, 0.25) is 17.7 Å². The van der Waals surface area contributed by atoms with Crippen LogP contribution in [0.5, 0.6) is 0 Å². The number of carbonyl (C=O) groups excluding carboxylic acids is 1. The number of para-hydroxylation sites is 1. The molecule has 5 nitrogen and oxygen atoms in total. The Balaban J connectivity index is 1.61. The summed E-state index contributed by atoms with van der Waals surface area (Å²) in [5.41, 5.74) is 0.677. The number of halogens is 3. The lowest BCUT2D eigenvalue weighted by Gasteiger charge is -2.13. The molecule has 0 saturated heterocycles. The van der Waals surface area contributed by atoms with Crippen molar-refractivity contribution in [2.75, 3.05) is 5.32 Å². The Morgan fingerprint density at radius 1 is 1.07 bits per heavy atom. The number of hydrogen-bond donors (Lipinski definition) is 1. The van der Waals surface area contributed by atoms with Gasteiger partial charge in [0, 0.05) is 18.4 Å². The van der Waals surface area contributed by atoms with Crippen molar-refractivity contribution in [3.05, 3.63) is 65.5 Å². The zero-order valence-corrected chi connectivity index (χ0v) is 14.4. The molecule has 8 heteroatoms. The van der Waals surface area contributed by atoms with E-state index in [9.17, 15) is 18.0 Å². The Hall–Kier alpha value is -3.16. The monoisotopic (exact) mass is 375 g/mol. The van der Waals surface area contributed by atoms with Crippen molar-refractivity contribution in [3.63, 3.8) is 0 Å². The minimum absolute atomic E-state index is 0.0816. The molecule has 0 bridgehead atoms. The van der Waals surface area contributed by atoms with Gasteiger partial charge in [-0.05, 0) is 31.2 Å². The minimum atomic E-state index is -4.54. The van der Waals surface area contributed by atoms with Crippen molar-refractivity contribution in [1.82, 2.24) is 10.2 Å². The predicted molar refractivity (Wildman–Crippen MR) is 92.9 cm³/mol. The van der Waals surface area contributed by atoms with E-state index >= 15 is 0 Å². The lowest BCUT2D eigenvalue weighted by Crippen LogP contribution is -2.16. The topological polar surface area (TPSA) is 68.0 Å². The van der Waals surface area contributed by atoms with Crippen LogP contribution in [-0.2, 0) is 17.4 Å². The molecule has 3 aromatic rings. The maximum absolute atomic E-state index is 13.0. The molecule has 0 fully saturated rings. The SMILES string of the molecule is Cc1ccc(-c2nnc(CCC(=O)Nc3ccccc3C(F)(F)F)o2)cc1. The second-order valence-corrected chi connectivity index (χ2v) is 5.96. The number of amides is 1. The fraction of sp³-hybridized carbons (Fsp3) is 0.211. The molecule has 0 saturated carbocycles. The number of aryl methyl sites for hydroxylation is 2. The van der Waals surface area contributed by atoms with Crippen molar-refractivity contribution in [2.45, 2.75) is 25.9 Å². The first-order valence-corrected chi connectivity index (χ1v) is 8.18. The Kier molecular flexibility index (Phi) is 5.25. The third-order valence-electron chi connectivity index (χ3n) is 3.84. The molecule has 1 N–H and O–H groups in total. The number of carbonyl (C=O) groups is 1. The van der Waals surface area contributed by atoms with Crippen molar-refractivity contribution < 1.29 is 22.4 Å². The van der Waals surface area contributed by atoms with Crippen LogP contribution in [0.25, 0.3) is 11.5 Å². The van der Waals surface area contributed by atoms with Crippen LogP contribution in [0.4, 0.5) is 18.9 Å². The van der Waals surface area contributed by atoms with Gasteiger partial charge in [-0.2, -0.15) is 13.2 Å². The van der Waals surface area contributed by atoms with Gasteiger partial charge in [0.25, 0.3) is 0 Å². The average molecular weight is 375 g/mol. The van der Waals surface area contributed by atoms with Crippen LogP contribution in [0.2, 0.25) is 0 Å². The molecule has 140 valence electrons. The van der Waals surface area contributed by atoms with Gasteiger partial charge in [0.1, 0.15) is 0 Å². The van der Waals surface area contributed by atoms with Crippen molar-refractivity contribution in [3.8, 4) is 11.5 Å². The molecule has 0 atom stereocenters. The molecule has 0 radical (unpaired) electrons. The average Bonchev–Trinajstić information content (AvgIpc) is 3.09. The lowest BCUT2D eigenvalue weighted by molar-refractivity contribution is -0.137. The normalized spacial score (nSPS) is 11.4. The molecule has 0 aliphatic heterocycles. The largest absolute Gasteiger partial charge is 0.421 e. The van der Waals surface area contributed by atoms with Gasteiger partial charge >= 0.3 is 6.18 Å². The fourth-order valence-electron chi connectivity index (χ4n) is 2.44. The third-order valence-corrected chi connectivity index (χ3v) is 3.84. The Labute approximate surface area is 153 Å². The standard InChI is InChI=1S/C19H16F3N3O2/c1-12-6-8-13(9-7-12)18-25-24-17(27-18)11-10-16(26)23-15-5-3-2-4-14(15)19(20,21)22/h2-9H,10-11H2,1H3,(H,23,26). The van der Waals surface area contributed by atoms with E-state index in [2.05, 4.69) is 15.5 Å². The first-order valence-electron chi connectivity index (χ1n) is 8.18. The van der Waals surface area contributed by atoms with Gasteiger partial charge in [0.05, 0.1) is 11.3 Å². The second kappa shape index (κ2) is 7.61. The highest BCUT2D eigenvalue weighted by atomic mass is 19.4. The molecule has 0 unspecified atom stereocenters. The Morgan fingerprint density at radius 2 is 1.78 bits per heavy atom. The van der Waals surface area contributed by atoms with E-state index in [0.717, 1.165) is 17.2 Å². The number of hydrogen-bond acceptors (Lipinski definition) is 4. The molecular formula is C19H16F3N3O2. The van der Waals surface area contributed by atoms with Crippen LogP contribution in [-0.4, -0.2) is 16.1 Å². The van der Waals surface area contributed by atoms with Gasteiger partial charge in [-0.3, -0.25) is 4.79 Å². The van der Waals surface area contributed by atoms with E-state index in [1.807, 2.05) is 31.2 Å². The molecule has 27 heavy (non-hydrogen) atoms. The molecule has 1 amide bonds. The van der Waals surface area contributed by atoms with Gasteiger partial charge in [-0.1, -0.05) is 29.8 Å². The highest BCUT2D eigenvalue weighted by Gasteiger charge is 2.33. The van der Waals surface area contributed by atoms with Gasteiger partial charge < -0.3 is 9.73 Å². The smallest absolute Gasteiger partial charge is 0.418 e. The second-order valence-electron chi connectivity index (χ2n) is 5.96. The fourth-order valence-corrected chi connectivity index (χ4v) is 2.44. The number of nitrogens with zero attached hydrogens (tertiary/aromatic N) is 2. The lowest BCUT2D eigenvalue weighted by atomic mass is 10.1. The van der Waals surface area contributed by atoms with E-state index in [1.54, 1.807) is 0 Å². The summed E-state index contributed by atoms with van der Waals surface area (Å²) in [6.45, 7) is 1.96. The van der Waals surface area contributed by atoms with Crippen LogP contribution >= 0.6 is 0 Å². The van der Waals surface area contributed by atoms with Crippen LogP contribution < -0.4 is 5.32 Å². The van der Waals surface area contributed by atoms with Crippen LogP contribution in [0, 0.1) is 6.92 Å². The van der Waals surface area contributed by atoms with Crippen molar-refractivity contribution in [2.24, 2.45) is 0 Å². The first-order chi connectivity index (χ1) is 12.8. The van der Waals surface area contributed by atoms with Crippen LogP contribution in [0.1, 0.15) is 23.4 Å². The summed E-state index contributed by atoms with van der Waals surface area (Å²) in [6.07, 6.45) is -4.50. The summed E-state index contributed by atoms with van der Waals surface area (Å²) in [5, 5.41) is 10.1. The van der Waals surface area contributed by atoms with E-state index < -0.39 is 17.6 Å². The maximum atomic E-state index is 13.0. The summed E-state index contributed by atoms with van der Waals surface area (Å²) >= 11 is 0. The van der Waals surface area contributed by atoms with E-state index in [-0.39, 0.29) is 24.4 Å². The molecule has 0 spiro atoms. The summed E-state index contributed by atoms with van der Waals surface area (Å²) in [7, 11) is 0. The Bertz CT molecular complexity index is 934. The van der Waals surface area contributed by atoms with Crippen LogP contribution in [0.3, 0.4) is 0 Å². The summed E-state index contributed by atoms with van der Waals surface area (Å²) in [4.78, 5) is 12.0. The minimum Gasteiger partial charge on any atom is -0.421 e. The number of nitrogens with one attached hydrogen (secondary N) is 1. The summed E-state index contributed by atoms with van der Waals surface area (Å²) < 4.78 is 44.4. The van der Waals surface area contributed by atoms with E-state index in [1.165, 1.54) is 18.2 Å². The Morgan fingerprint density at radius 3 is 2.48 bits per heavy atom. The van der Waals surface area contributed by atoms with Crippen molar-refractivity contribution in [1.29, 1.82) is 0 Å². The maximum Gasteiger partial charge on any atom is 0.418 e. The molecule has 0 aliphatic carbocycles. The van der Waals surface area contributed by atoms with Gasteiger partial charge in [-0.25, -0.2) is 0 Å². The van der Waals surface area contributed by atoms with Crippen molar-refractivity contribution >= 4 is 11.6 Å². The first kappa shape index (κ1) is 18.6. The van der Waals surface area contributed by atoms with Gasteiger partial charge in [-0.15, -0.1) is 10.2 Å². The number of rotatable bonds is 5. The number of alkyl halides is 3. The molecule has 1 aromatic heterocycles. The van der Waals surface area contributed by atoms with E-state index in [4.69, 9.17) is 4.42 Å². The summed E-state index contributed by atoms with van der Waals surface area (Å²) in [6, 6.07) is 12.3. The number of benzene rings is 2.